The SMILES string of the molecule is CCOC(=O)COc1ccc(C(O)C(O)CNC(=O)OCC2c3ccccc3-c3ccccc32)cc1. The maximum absolute atomic E-state index is 12.3. The first-order valence-electron chi connectivity index (χ1n) is 11.8. The topological polar surface area (TPSA) is 114 Å². The van der Waals surface area contributed by atoms with Crippen molar-refractivity contribution in [2.24, 2.45) is 0 Å². The van der Waals surface area contributed by atoms with Crippen LogP contribution in [0.15, 0.2) is 72.8 Å². The van der Waals surface area contributed by atoms with Crippen LogP contribution in [-0.4, -0.2) is 54.7 Å². The predicted molar refractivity (Wildman–Crippen MR) is 133 cm³/mol. The average molecular weight is 492 g/mol. The van der Waals surface area contributed by atoms with Crippen LogP contribution in [0, 0.1) is 0 Å². The molecule has 0 radical (unpaired) electrons. The zero-order valence-corrected chi connectivity index (χ0v) is 19.9. The summed E-state index contributed by atoms with van der Waals surface area (Å²) in [6.07, 6.45) is -3.17. The monoisotopic (exact) mass is 491 g/mol. The second-order valence-electron chi connectivity index (χ2n) is 8.38. The molecule has 0 aromatic heterocycles. The summed E-state index contributed by atoms with van der Waals surface area (Å²) in [7, 11) is 0. The van der Waals surface area contributed by atoms with Gasteiger partial charge in [-0.25, -0.2) is 9.59 Å². The number of carbonyl (C=O) groups is 2. The van der Waals surface area contributed by atoms with Gasteiger partial charge in [-0.2, -0.15) is 0 Å². The number of fused-ring (bicyclic) bond motifs is 3. The molecule has 2 atom stereocenters. The summed E-state index contributed by atoms with van der Waals surface area (Å²) in [5.41, 5.74) is 4.92. The summed E-state index contributed by atoms with van der Waals surface area (Å²) < 4.78 is 15.6. The number of amides is 1. The number of hydrogen-bond acceptors (Lipinski definition) is 7. The van der Waals surface area contributed by atoms with Crippen LogP contribution >= 0.6 is 0 Å². The van der Waals surface area contributed by atoms with Gasteiger partial charge in [0.15, 0.2) is 6.61 Å². The minimum absolute atomic E-state index is 0.0665. The number of ether oxygens (including phenoxy) is 3. The Labute approximate surface area is 209 Å². The number of carbonyl (C=O) groups excluding carboxylic acids is 2. The van der Waals surface area contributed by atoms with Crippen molar-refractivity contribution in [1.82, 2.24) is 5.32 Å². The molecule has 3 aromatic carbocycles. The molecule has 1 amide bonds. The van der Waals surface area contributed by atoms with Crippen molar-refractivity contribution in [1.29, 1.82) is 0 Å². The van der Waals surface area contributed by atoms with Crippen molar-refractivity contribution in [3.63, 3.8) is 0 Å². The van der Waals surface area contributed by atoms with Crippen molar-refractivity contribution in [2.75, 3.05) is 26.4 Å². The molecular formula is C28H29NO7. The van der Waals surface area contributed by atoms with Crippen molar-refractivity contribution >= 4 is 12.1 Å². The van der Waals surface area contributed by atoms with Crippen LogP contribution < -0.4 is 10.1 Å². The molecule has 0 heterocycles. The minimum atomic E-state index is -1.25. The third-order valence-electron chi connectivity index (χ3n) is 6.05. The van der Waals surface area contributed by atoms with Crippen LogP contribution in [0.5, 0.6) is 5.75 Å². The van der Waals surface area contributed by atoms with E-state index in [1.54, 1.807) is 31.2 Å². The molecule has 8 nitrogen and oxygen atoms in total. The highest BCUT2D eigenvalue weighted by molar-refractivity contribution is 5.79. The molecule has 0 fully saturated rings. The molecule has 0 saturated heterocycles. The first-order valence-corrected chi connectivity index (χ1v) is 11.8. The predicted octanol–water partition coefficient (Wildman–Crippen LogP) is 3.56. The maximum atomic E-state index is 12.3. The summed E-state index contributed by atoms with van der Waals surface area (Å²) >= 11 is 0. The molecule has 0 spiro atoms. The number of alkyl carbamates (subject to hydrolysis) is 1. The Kier molecular flexibility index (Phi) is 8.20. The van der Waals surface area contributed by atoms with Crippen LogP contribution in [0.2, 0.25) is 0 Å². The number of esters is 1. The molecule has 1 aliphatic carbocycles. The van der Waals surface area contributed by atoms with Crippen LogP contribution in [0.1, 0.15) is 35.6 Å². The van der Waals surface area contributed by atoms with Gasteiger partial charge in [0.05, 0.1) is 6.61 Å². The Hall–Kier alpha value is -3.88. The summed E-state index contributed by atoms with van der Waals surface area (Å²) in [6.45, 7) is 1.73. The van der Waals surface area contributed by atoms with E-state index in [-0.39, 0.29) is 32.3 Å². The van der Waals surface area contributed by atoms with Gasteiger partial charge < -0.3 is 29.7 Å². The molecule has 0 aliphatic heterocycles. The molecule has 4 rings (SSSR count). The molecule has 3 aromatic rings. The van der Waals surface area contributed by atoms with E-state index in [0.29, 0.717) is 11.3 Å². The fourth-order valence-corrected chi connectivity index (χ4v) is 4.28. The van der Waals surface area contributed by atoms with Gasteiger partial charge in [-0.05, 0) is 46.9 Å². The standard InChI is InChI=1S/C28H29NO7/c1-2-34-26(31)17-35-19-13-11-18(12-14-19)27(32)25(30)15-29-28(33)36-16-24-22-9-5-3-7-20(22)21-8-4-6-10-23(21)24/h3-14,24-25,27,30,32H,2,15-17H2,1H3,(H,29,33). The number of hydrogen-bond donors (Lipinski definition) is 3. The Morgan fingerprint density at radius 2 is 1.50 bits per heavy atom. The zero-order valence-electron chi connectivity index (χ0n) is 19.9. The van der Waals surface area contributed by atoms with Gasteiger partial charge in [0.25, 0.3) is 0 Å². The second kappa shape index (κ2) is 11.7. The Bertz CT molecular complexity index is 1150. The Morgan fingerprint density at radius 3 is 2.11 bits per heavy atom. The lowest BCUT2D eigenvalue weighted by Gasteiger charge is -2.19. The number of aliphatic hydroxyl groups excluding tert-OH is 2. The quantitative estimate of drug-likeness (QED) is 0.372. The summed E-state index contributed by atoms with van der Waals surface area (Å²) in [6, 6.07) is 22.4. The molecule has 8 heteroatoms. The van der Waals surface area contributed by atoms with Crippen LogP contribution in [-0.2, 0) is 14.3 Å². The fourth-order valence-electron chi connectivity index (χ4n) is 4.28. The van der Waals surface area contributed by atoms with Gasteiger partial charge in [0, 0.05) is 12.5 Å². The summed E-state index contributed by atoms with van der Waals surface area (Å²) in [4.78, 5) is 23.7. The van der Waals surface area contributed by atoms with Gasteiger partial charge in [-0.3, -0.25) is 0 Å². The molecular weight excluding hydrogens is 462 g/mol. The lowest BCUT2D eigenvalue weighted by atomic mass is 9.98. The van der Waals surface area contributed by atoms with E-state index in [4.69, 9.17) is 14.2 Å². The second-order valence-corrected chi connectivity index (χ2v) is 8.38. The first kappa shape index (κ1) is 25.2. The number of rotatable bonds is 10. The summed E-state index contributed by atoms with van der Waals surface area (Å²) in [5, 5.41) is 23.3. The zero-order chi connectivity index (χ0) is 25.5. The molecule has 188 valence electrons. The highest BCUT2D eigenvalue weighted by atomic mass is 16.6. The molecule has 3 N–H and O–H groups in total. The lowest BCUT2D eigenvalue weighted by Crippen LogP contribution is -2.36. The van der Waals surface area contributed by atoms with Crippen molar-refractivity contribution < 1.29 is 34.0 Å². The molecule has 2 unspecified atom stereocenters. The molecule has 36 heavy (non-hydrogen) atoms. The van der Waals surface area contributed by atoms with E-state index in [1.165, 1.54) is 0 Å². The van der Waals surface area contributed by atoms with Crippen molar-refractivity contribution in [2.45, 2.75) is 25.0 Å². The first-order chi connectivity index (χ1) is 17.5. The normalized spacial score (nSPS) is 13.8. The number of aliphatic hydroxyl groups is 2. The van der Waals surface area contributed by atoms with Crippen molar-refractivity contribution in [3.05, 3.63) is 89.5 Å². The van der Waals surface area contributed by atoms with E-state index in [9.17, 15) is 19.8 Å². The van der Waals surface area contributed by atoms with E-state index < -0.39 is 24.3 Å². The summed E-state index contributed by atoms with van der Waals surface area (Å²) in [5.74, 6) is -0.121. The average Bonchev–Trinajstić information content (AvgIpc) is 3.23. The van der Waals surface area contributed by atoms with Gasteiger partial charge in [-0.15, -0.1) is 0 Å². The Morgan fingerprint density at radius 1 is 0.889 bits per heavy atom. The van der Waals surface area contributed by atoms with Gasteiger partial charge >= 0.3 is 12.1 Å². The number of nitrogens with one attached hydrogen (secondary N) is 1. The highest BCUT2D eigenvalue weighted by Gasteiger charge is 2.29. The van der Waals surface area contributed by atoms with E-state index in [0.717, 1.165) is 22.3 Å². The van der Waals surface area contributed by atoms with E-state index in [2.05, 4.69) is 17.4 Å². The van der Waals surface area contributed by atoms with Gasteiger partial charge in [0.2, 0.25) is 0 Å². The number of benzene rings is 3. The fraction of sp³-hybridized carbons (Fsp3) is 0.286. The Balaban J connectivity index is 1.26. The van der Waals surface area contributed by atoms with Gasteiger partial charge in [-0.1, -0.05) is 60.7 Å². The third kappa shape index (κ3) is 5.84. The van der Waals surface area contributed by atoms with Gasteiger partial charge in [0.1, 0.15) is 24.6 Å². The third-order valence-corrected chi connectivity index (χ3v) is 6.05. The molecule has 0 saturated carbocycles. The van der Waals surface area contributed by atoms with E-state index in [1.807, 2.05) is 36.4 Å². The van der Waals surface area contributed by atoms with Crippen LogP contribution in [0.3, 0.4) is 0 Å². The van der Waals surface area contributed by atoms with Crippen LogP contribution in [0.4, 0.5) is 4.79 Å². The highest BCUT2D eigenvalue weighted by Crippen LogP contribution is 2.44. The lowest BCUT2D eigenvalue weighted by molar-refractivity contribution is -0.145. The smallest absolute Gasteiger partial charge is 0.407 e. The largest absolute Gasteiger partial charge is 0.482 e. The van der Waals surface area contributed by atoms with Crippen molar-refractivity contribution in [3.8, 4) is 16.9 Å². The van der Waals surface area contributed by atoms with Crippen LogP contribution in [0.25, 0.3) is 11.1 Å². The van der Waals surface area contributed by atoms with E-state index >= 15 is 0 Å². The molecule has 0 bridgehead atoms. The minimum Gasteiger partial charge on any atom is -0.482 e. The maximum Gasteiger partial charge on any atom is 0.407 e. The molecule has 1 aliphatic rings.